The number of amides is 1. The van der Waals surface area contributed by atoms with Crippen molar-refractivity contribution >= 4 is 16.8 Å². The lowest BCUT2D eigenvalue weighted by atomic mass is 9.95. The summed E-state index contributed by atoms with van der Waals surface area (Å²) in [7, 11) is 0. The largest absolute Gasteiger partial charge is 0.381 e. The van der Waals surface area contributed by atoms with Crippen LogP contribution in [0.5, 0.6) is 0 Å². The van der Waals surface area contributed by atoms with Gasteiger partial charge in [-0.05, 0) is 43.2 Å². The van der Waals surface area contributed by atoms with Gasteiger partial charge >= 0.3 is 0 Å². The predicted molar refractivity (Wildman–Crippen MR) is 87.8 cm³/mol. The van der Waals surface area contributed by atoms with Crippen molar-refractivity contribution < 1.29 is 9.53 Å². The molecule has 1 aromatic carbocycles. The molecule has 0 unspecified atom stereocenters. The van der Waals surface area contributed by atoms with Crippen molar-refractivity contribution in [2.75, 3.05) is 19.8 Å². The standard InChI is InChI=1S/C18H24N2O2/c21-18(6-5-14-8-11-22-12-9-14)19-10-7-15-13-20-17-4-2-1-3-16(15)17/h1-4,13-14,20H,5-12H2,(H,19,21). The zero-order valence-corrected chi connectivity index (χ0v) is 12.9. The van der Waals surface area contributed by atoms with Crippen LogP contribution in [0.2, 0.25) is 0 Å². The van der Waals surface area contributed by atoms with Gasteiger partial charge in [0.15, 0.2) is 0 Å². The Kier molecular flexibility index (Phi) is 5.11. The van der Waals surface area contributed by atoms with Gasteiger partial charge in [0.2, 0.25) is 5.91 Å². The lowest BCUT2D eigenvalue weighted by Gasteiger charge is -2.21. The van der Waals surface area contributed by atoms with Crippen molar-refractivity contribution in [2.45, 2.75) is 32.1 Å². The summed E-state index contributed by atoms with van der Waals surface area (Å²) in [6.45, 7) is 2.41. The predicted octanol–water partition coefficient (Wildman–Crippen LogP) is 3.03. The molecule has 0 aliphatic carbocycles. The van der Waals surface area contributed by atoms with Crippen LogP contribution in [0.1, 0.15) is 31.2 Å². The summed E-state index contributed by atoms with van der Waals surface area (Å²) in [5.41, 5.74) is 2.42. The van der Waals surface area contributed by atoms with Crippen molar-refractivity contribution in [3.05, 3.63) is 36.0 Å². The van der Waals surface area contributed by atoms with Gasteiger partial charge in [-0.3, -0.25) is 4.79 Å². The van der Waals surface area contributed by atoms with Crippen molar-refractivity contribution in [3.8, 4) is 0 Å². The first-order valence-corrected chi connectivity index (χ1v) is 8.22. The molecule has 1 amide bonds. The summed E-state index contributed by atoms with van der Waals surface area (Å²) < 4.78 is 5.34. The Bertz CT molecular complexity index is 614. The van der Waals surface area contributed by atoms with Crippen LogP contribution < -0.4 is 5.32 Å². The summed E-state index contributed by atoms with van der Waals surface area (Å²) in [5.74, 6) is 0.833. The summed E-state index contributed by atoms with van der Waals surface area (Å²) in [4.78, 5) is 15.2. The summed E-state index contributed by atoms with van der Waals surface area (Å²) >= 11 is 0. The van der Waals surface area contributed by atoms with Crippen LogP contribution >= 0.6 is 0 Å². The molecule has 2 N–H and O–H groups in total. The van der Waals surface area contributed by atoms with E-state index in [1.54, 1.807) is 0 Å². The maximum absolute atomic E-state index is 11.9. The molecule has 4 nitrogen and oxygen atoms in total. The molecule has 2 heterocycles. The first-order valence-electron chi connectivity index (χ1n) is 8.22. The van der Waals surface area contributed by atoms with Crippen LogP contribution in [0, 0.1) is 5.92 Å². The van der Waals surface area contributed by atoms with Gasteiger partial charge < -0.3 is 15.0 Å². The fraction of sp³-hybridized carbons (Fsp3) is 0.500. The molecule has 118 valence electrons. The number of aromatic nitrogens is 1. The van der Waals surface area contributed by atoms with E-state index in [1.807, 2.05) is 18.3 Å². The zero-order chi connectivity index (χ0) is 15.2. The number of nitrogens with one attached hydrogen (secondary N) is 2. The molecule has 0 bridgehead atoms. The van der Waals surface area contributed by atoms with E-state index in [4.69, 9.17) is 4.74 Å². The molecule has 0 saturated carbocycles. The van der Waals surface area contributed by atoms with Gasteiger partial charge in [-0.15, -0.1) is 0 Å². The van der Waals surface area contributed by atoms with Crippen LogP contribution in [-0.4, -0.2) is 30.6 Å². The second kappa shape index (κ2) is 7.45. The van der Waals surface area contributed by atoms with E-state index < -0.39 is 0 Å². The third-order valence-corrected chi connectivity index (χ3v) is 4.51. The fourth-order valence-electron chi connectivity index (χ4n) is 3.13. The highest BCUT2D eigenvalue weighted by atomic mass is 16.5. The van der Waals surface area contributed by atoms with Crippen molar-refractivity contribution in [3.63, 3.8) is 0 Å². The van der Waals surface area contributed by atoms with Crippen molar-refractivity contribution in [1.82, 2.24) is 10.3 Å². The number of fused-ring (bicyclic) bond motifs is 1. The third-order valence-electron chi connectivity index (χ3n) is 4.51. The van der Waals surface area contributed by atoms with Gasteiger partial charge in [0.05, 0.1) is 0 Å². The van der Waals surface area contributed by atoms with Crippen LogP contribution in [-0.2, 0) is 16.0 Å². The van der Waals surface area contributed by atoms with Crippen LogP contribution in [0.25, 0.3) is 10.9 Å². The monoisotopic (exact) mass is 300 g/mol. The number of carbonyl (C=O) groups excluding carboxylic acids is 1. The van der Waals surface area contributed by atoms with E-state index in [9.17, 15) is 4.79 Å². The van der Waals surface area contributed by atoms with Crippen LogP contribution in [0.3, 0.4) is 0 Å². The average molecular weight is 300 g/mol. The van der Waals surface area contributed by atoms with Gasteiger partial charge in [-0.25, -0.2) is 0 Å². The van der Waals surface area contributed by atoms with Gasteiger partial charge in [0, 0.05) is 43.3 Å². The molecule has 3 rings (SSSR count). The number of hydrogen-bond acceptors (Lipinski definition) is 2. The number of hydrogen-bond donors (Lipinski definition) is 2. The molecule has 1 aliphatic heterocycles. The second-order valence-corrected chi connectivity index (χ2v) is 6.05. The quantitative estimate of drug-likeness (QED) is 0.861. The number of aromatic amines is 1. The van der Waals surface area contributed by atoms with E-state index >= 15 is 0 Å². The lowest BCUT2D eigenvalue weighted by Crippen LogP contribution is -2.26. The van der Waals surface area contributed by atoms with Crippen molar-refractivity contribution in [2.24, 2.45) is 5.92 Å². The molecule has 1 aliphatic rings. The van der Waals surface area contributed by atoms with E-state index in [1.165, 1.54) is 10.9 Å². The minimum Gasteiger partial charge on any atom is -0.381 e. The number of rotatable bonds is 6. The topological polar surface area (TPSA) is 54.1 Å². The highest BCUT2D eigenvalue weighted by Gasteiger charge is 2.15. The smallest absolute Gasteiger partial charge is 0.220 e. The fourth-order valence-corrected chi connectivity index (χ4v) is 3.13. The summed E-state index contributed by atoms with van der Waals surface area (Å²) in [5, 5.41) is 4.29. The van der Waals surface area contributed by atoms with Crippen molar-refractivity contribution in [1.29, 1.82) is 0 Å². The maximum atomic E-state index is 11.9. The molecule has 1 fully saturated rings. The van der Waals surface area contributed by atoms with Crippen LogP contribution in [0.4, 0.5) is 0 Å². The Morgan fingerprint density at radius 2 is 2.09 bits per heavy atom. The van der Waals surface area contributed by atoms with Gasteiger partial charge in [0.25, 0.3) is 0 Å². The van der Waals surface area contributed by atoms with E-state index in [2.05, 4.69) is 22.4 Å². The Labute approximate surface area is 131 Å². The number of benzene rings is 1. The minimum absolute atomic E-state index is 0.173. The second-order valence-electron chi connectivity index (χ2n) is 6.05. The minimum atomic E-state index is 0.173. The SMILES string of the molecule is O=C(CCC1CCOCC1)NCCc1c[nH]c2ccccc12. The molecular weight excluding hydrogens is 276 g/mol. The molecule has 1 saturated heterocycles. The summed E-state index contributed by atoms with van der Waals surface area (Å²) in [6, 6.07) is 8.27. The van der Waals surface area contributed by atoms with E-state index in [-0.39, 0.29) is 5.91 Å². The highest BCUT2D eigenvalue weighted by Crippen LogP contribution is 2.20. The zero-order valence-electron chi connectivity index (χ0n) is 12.9. The van der Waals surface area contributed by atoms with Gasteiger partial charge in [-0.2, -0.15) is 0 Å². The highest BCUT2D eigenvalue weighted by molar-refractivity contribution is 5.83. The number of para-hydroxylation sites is 1. The molecule has 0 spiro atoms. The number of H-pyrrole nitrogens is 1. The third kappa shape index (κ3) is 3.89. The molecule has 1 aromatic heterocycles. The van der Waals surface area contributed by atoms with E-state index in [0.717, 1.165) is 44.4 Å². The Balaban J connectivity index is 1.40. The van der Waals surface area contributed by atoms with Gasteiger partial charge in [0.1, 0.15) is 0 Å². The van der Waals surface area contributed by atoms with E-state index in [0.29, 0.717) is 18.9 Å². The van der Waals surface area contributed by atoms with Crippen LogP contribution in [0.15, 0.2) is 30.5 Å². The Morgan fingerprint density at radius 1 is 1.27 bits per heavy atom. The first kappa shape index (κ1) is 15.1. The van der Waals surface area contributed by atoms with Gasteiger partial charge in [-0.1, -0.05) is 18.2 Å². The average Bonchev–Trinajstić information content (AvgIpc) is 2.97. The molecule has 22 heavy (non-hydrogen) atoms. The lowest BCUT2D eigenvalue weighted by molar-refractivity contribution is -0.121. The first-order chi connectivity index (χ1) is 10.8. The molecule has 4 heteroatoms. The number of carbonyl (C=O) groups is 1. The normalized spacial score (nSPS) is 16.0. The number of ether oxygens (including phenoxy) is 1. The Hall–Kier alpha value is -1.81. The summed E-state index contributed by atoms with van der Waals surface area (Å²) in [6.07, 6.45) is 6.73. The molecule has 0 atom stereocenters. The molecule has 0 radical (unpaired) electrons. The Morgan fingerprint density at radius 3 is 2.95 bits per heavy atom. The molecular formula is C18H24N2O2. The maximum Gasteiger partial charge on any atom is 0.220 e. The molecule has 2 aromatic rings.